The summed E-state index contributed by atoms with van der Waals surface area (Å²) >= 11 is 0. The number of hydrogen-bond acceptors (Lipinski definition) is 4. The van der Waals surface area contributed by atoms with Gasteiger partial charge in [-0.25, -0.2) is 4.98 Å². The van der Waals surface area contributed by atoms with Gasteiger partial charge in [0.1, 0.15) is 5.82 Å². The van der Waals surface area contributed by atoms with Crippen LogP contribution in [0.1, 0.15) is 41.6 Å². The molecular weight excluding hydrogens is 388 g/mol. The first kappa shape index (κ1) is 18.8. The molecule has 3 atom stereocenters. The number of pyridine rings is 1. The van der Waals surface area contributed by atoms with Crippen LogP contribution in [0.2, 0.25) is 0 Å². The van der Waals surface area contributed by atoms with Crippen molar-refractivity contribution in [3.63, 3.8) is 0 Å². The van der Waals surface area contributed by atoms with E-state index in [2.05, 4.69) is 15.9 Å². The van der Waals surface area contributed by atoms with Crippen LogP contribution in [0.5, 0.6) is 0 Å². The Morgan fingerprint density at radius 3 is 2.81 bits per heavy atom. The van der Waals surface area contributed by atoms with E-state index in [-0.39, 0.29) is 5.91 Å². The molecule has 6 heteroatoms. The van der Waals surface area contributed by atoms with E-state index in [0.29, 0.717) is 29.3 Å². The fraction of sp³-hybridized carbons (Fsp3) is 0.480. The van der Waals surface area contributed by atoms with E-state index in [1.807, 2.05) is 35.2 Å². The lowest BCUT2D eigenvalue weighted by Crippen LogP contribution is -2.60. The van der Waals surface area contributed by atoms with Crippen molar-refractivity contribution in [1.82, 2.24) is 9.88 Å². The molecule has 3 saturated heterocycles. The van der Waals surface area contributed by atoms with Gasteiger partial charge >= 0.3 is 0 Å². The van der Waals surface area contributed by atoms with Gasteiger partial charge in [-0.05, 0) is 61.3 Å². The Morgan fingerprint density at radius 1 is 1.03 bits per heavy atom. The van der Waals surface area contributed by atoms with E-state index in [1.165, 1.54) is 12.0 Å². The summed E-state index contributed by atoms with van der Waals surface area (Å²) in [5.41, 5.74) is 2.89. The first-order valence-electron chi connectivity index (χ1n) is 11.6. The first-order chi connectivity index (χ1) is 15.2. The largest absolute Gasteiger partial charge is 0.356 e. The molecule has 160 valence electrons. The molecule has 2 amide bonds. The summed E-state index contributed by atoms with van der Waals surface area (Å²) in [4.78, 5) is 36.5. The maximum Gasteiger partial charge on any atom is 0.259 e. The number of carbonyl (C=O) groups excluding carboxylic acids is 2. The number of carbonyl (C=O) groups is 2. The fourth-order valence-corrected chi connectivity index (χ4v) is 6.20. The smallest absolute Gasteiger partial charge is 0.259 e. The molecule has 4 aliphatic rings. The molecule has 3 fully saturated rings. The molecule has 2 aromatic rings. The maximum absolute atomic E-state index is 13.1. The molecule has 0 saturated carbocycles. The molecule has 4 aliphatic heterocycles. The number of anilines is 2. The Hall–Kier alpha value is -2.89. The molecule has 31 heavy (non-hydrogen) atoms. The molecule has 2 bridgehead atoms. The third-order valence-corrected chi connectivity index (χ3v) is 7.63. The van der Waals surface area contributed by atoms with Crippen LogP contribution < -0.4 is 9.80 Å². The van der Waals surface area contributed by atoms with Gasteiger partial charge < -0.3 is 14.7 Å². The molecule has 0 spiro atoms. The van der Waals surface area contributed by atoms with Crippen molar-refractivity contribution in [2.24, 2.45) is 11.8 Å². The van der Waals surface area contributed by atoms with Crippen molar-refractivity contribution in [2.75, 3.05) is 36.0 Å². The number of fused-ring (bicyclic) bond motifs is 5. The second kappa shape index (κ2) is 7.36. The highest BCUT2D eigenvalue weighted by molar-refractivity contribution is 6.07. The standard InChI is InChI=1S/C25H28N4O2/c30-24-7-3-6-22-20-12-17(15-29(22)24)14-27(16-20)23-9-8-19(13-26-23)25(31)28-11-10-18-4-1-2-5-21(18)28/h1-2,4-5,8-9,13,17,20,22H,3,6-7,10-12,14-16H2/t17-,20-,22-/m1/s1. The predicted octanol–water partition coefficient (Wildman–Crippen LogP) is 3.12. The summed E-state index contributed by atoms with van der Waals surface area (Å²) < 4.78 is 0. The minimum absolute atomic E-state index is 0.0240. The number of aromatic nitrogens is 1. The summed E-state index contributed by atoms with van der Waals surface area (Å²) in [5.74, 6) is 2.37. The van der Waals surface area contributed by atoms with Gasteiger partial charge in [-0.2, -0.15) is 0 Å². The normalized spacial score (nSPS) is 27.2. The molecule has 0 aliphatic carbocycles. The van der Waals surface area contributed by atoms with Crippen LogP contribution in [0.25, 0.3) is 0 Å². The van der Waals surface area contributed by atoms with Crippen molar-refractivity contribution in [2.45, 2.75) is 38.1 Å². The van der Waals surface area contributed by atoms with Gasteiger partial charge in [0.2, 0.25) is 5.91 Å². The lowest BCUT2D eigenvalue weighted by molar-refractivity contribution is -0.142. The Balaban J connectivity index is 1.18. The lowest BCUT2D eigenvalue weighted by Gasteiger charge is -2.52. The van der Waals surface area contributed by atoms with E-state index in [1.54, 1.807) is 6.20 Å². The van der Waals surface area contributed by atoms with Gasteiger partial charge in [0.15, 0.2) is 0 Å². The zero-order valence-corrected chi connectivity index (χ0v) is 17.7. The van der Waals surface area contributed by atoms with Crippen LogP contribution in [0, 0.1) is 11.8 Å². The van der Waals surface area contributed by atoms with Crippen molar-refractivity contribution >= 4 is 23.3 Å². The van der Waals surface area contributed by atoms with Crippen molar-refractivity contribution in [3.8, 4) is 0 Å². The number of rotatable bonds is 2. The van der Waals surface area contributed by atoms with E-state index in [4.69, 9.17) is 4.98 Å². The summed E-state index contributed by atoms with van der Waals surface area (Å²) in [6.45, 7) is 3.50. The number of piperidine rings is 3. The van der Waals surface area contributed by atoms with Crippen molar-refractivity contribution < 1.29 is 9.59 Å². The minimum atomic E-state index is 0.0240. The molecule has 5 heterocycles. The Labute approximate surface area is 182 Å². The minimum Gasteiger partial charge on any atom is -0.356 e. The van der Waals surface area contributed by atoms with Crippen LogP contribution in [-0.2, 0) is 11.2 Å². The van der Waals surface area contributed by atoms with Crippen LogP contribution >= 0.6 is 0 Å². The maximum atomic E-state index is 13.1. The average molecular weight is 417 g/mol. The molecule has 0 N–H and O–H groups in total. The van der Waals surface area contributed by atoms with E-state index in [9.17, 15) is 9.59 Å². The second-order valence-electron chi connectivity index (χ2n) is 9.51. The number of nitrogens with zero attached hydrogens (tertiary/aromatic N) is 4. The number of amides is 2. The third kappa shape index (κ3) is 3.20. The predicted molar refractivity (Wildman–Crippen MR) is 119 cm³/mol. The third-order valence-electron chi connectivity index (χ3n) is 7.63. The van der Waals surface area contributed by atoms with Crippen molar-refractivity contribution in [3.05, 3.63) is 53.7 Å². The fourth-order valence-electron chi connectivity index (χ4n) is 6.20. The molecule has 0 unspecified atom stereocenters. The molecule has 6 nitrogen and oxygen atoms in total. The highest BCUT2D eigenvalue weighted by atomic mass is 16.2. The Morgan fingerprint density at radius 2 is 1.94 bits per heavy atom. The quantitative estimate of drug-likeness (QED) is 0.755. The van der Waals surface area contributed by atoms with Crippen LogP contribution in [0.4, 0.5) is 11.5 Å². The zero-order valence-electron chi connectivity index (χ0n) is 17.7. The van der Waals surface area contributed by atoms with Gasteiger partial charge in [-0.3, -0.25) is 9.59 Å². The number of hydrogen-bond donors (Lipinski definition) is 0. The van der Waals surface area contributed by atoms with Gasteiger partial charge in [0.25, 0.3) is 5.91 Å². The van der Waals surface area contributed by atoms with E-state index in [0.717, 1.165) is 63.4 Å². The number of benzene rings is 1. The molecular formula is C25H28N4O2. The van der Waals surface area contributed by atoms with Crippen LogP contribution in [0.3, 0.4) is 0 Å². The summed E-state index contributed by atoms with van der Waals surface area (Å²) in [5, 5.41) is 0. The van der Waals surface area contributed by atoms with Gasteiger partial charge in [0.05, 0.1) is 5.56 Å². The highest BCUT2D eigenvalue weighted by Crippen LogP contribution is 2.39. The van der Waals surface area contributed by atoms with Gasteiger partial charge in [0, 0.05) is 50.5 Å². The second-order valence-corrected chi connectivity index (χ2v) is 9.51. The monoisotopic (exact) mass is 416 g/mol. The average Bonchev–Trinajstić information content (AvgIpc) is 3.24. The van der Waals surface area contributed by atoms with Crippen molar-refractivity contribution in [1.29, 1.82) is 0 Å². The first-order valence-corrected chi connectivity index (χ1v) is 11.6. The molecule has 6 rings (SSSR count). The molecule has 0 radical (unpaired) electrons. The van der Waals surface area contributed by atoms with Gasteiger partial charge in [-0.15, -0.1) is 0 Å². The Kier molecular flexibility index (Phi) is 4.47. The SMILES string of the molecule is O=C(c1ccc(N2C[C@H]3C[C@H](C2)[C@H]2CCCC(=O)N2C3)nc1)N1CCc2ccccc21. The Bertz CT molecular complexity index is 1020. The topological polar surface area (TPSA) is 56.8 Å². The molecule has 1 aromatic heterocycles. The number of para-hydroxylation sites is 1. The lowest BCUT2D eigenvalue weighted by atomic mass is 9.76. The van der Waals surface area contributed by atoms with Crippen LogP contribution in [0.15, 0.2) is 42.6 Å². The van der Waals surface area contributed by atoms with E-state index >= 15 is 0 Å². The highest BCUT2D eigenvalue weighted by Gasteiger charge is 2.44. The zero-order chi connectivity index (χ0) is 20.9. The summed E-state index contributed by atoms with van der Waals surface area (Å²) in [7, 11) is 0. The van der Waals surface area contributed by atoms with E-state index < -0.39 is 0 Å². The van der Waals surface area contributed by atoms with Crippen LogP contribution in [-0.4, -0.2) is 53.9 Å². The van der Waals surface area contributed by atoms with Gasteiger partial charge in [-0.1, -0.05) is 18.2 Å². The molecule has 1 aromatic carbocycles. The summed E-state index contributed by atoms with van der Waals surface area (Å²) in [6.07, 6.45) is 6.74. The summed E-state index contributed by atoms with van der Waals surface area (Å²) in [6, 6.07) is 12.5.